The van der Waals surface area contributed by atoms with Gasteiger partial charge in [-0.1, -0.05) is 12.1 Å². The number of ether oxygens (including phenoxy) is 2. The minimum atomic E-state index is -4.38. The van der Waals surface area contributed by atoms with Crippen LogP contribution in [0, 0.1) is 0 Å². The normalized spacial score (nSPS) is 14.8. The second-order valence-electron chi connectivity index (χ2n) is 6.94. The molecule has 1 aliphatic rings. The number of methoxy groups -OCH3 is 2. The number of alkyl halides is 3. The molecular weight excluding hydrogens is 385 g/mol. The van der Waals surface area contributed by atoms with E-state index in [1.165, 1.54) is 12.1 Å². The Morgan fingerprint density at radius 2 is 1.66 bits per heavy atom. The van der Waals surface area contributed by atoms with E-state index in [-0.39, 0.29) is 6.03 Å². The van der Waals surface area contributed by atoms with Crippen molar-refractivity contribution in [1.82, 2.24) is 10.2 Å². The fraction of sp³-hybridized carbons (Fsp3) is 0.381. The van der Waals surface area contributed by atoms with Crippen LogP contribution >= 0.6 is 0 Å². The smallest absolute Gasteiger partial charge is 0.416 e. The average Bonchev–Trinajstić information content (AvgIpc) is 2.71. The molecule has 2 aromatic rings. The Morgan fingerprint density at radius 1 is 1.07 bits per heavy atom. The van der Waals surface area contributed by atoms with E-state index < -0.39 is 17.8 Å². The largest absolute Gasteiger partial charge is 0.493 e. The highest BCUT2D eigenvalue weighted by Crippen LogP contribution is 2.33. The van der Waals surface area contributed by atoms with E-state index in [4.69, 9.17) is 9.47 Å². The summed E-state index contributed by atoms with van der Waals surface area (Å²) in [7, 11) is 3.14. The predicted octanol–water partition coefficient (Wildman–Crippen LogP) is 4.55. The molecule has 0 bridgehead atoms. The molecule has 0 spiro atoms. The Bertz CT molecular complexity index is 882. The summed E-state index contributed by atoms with van der Waals surface area (Å²) in [6.07, 6.45) is -3.70. The average molecular weight is 408 g/mol. The molecule has 29 heavy (non-hydrogen) atoms. The van der Waals surface area contributed by atoms with Gasteiger partial charge >= 0.3 is 12.2 Å². The maximum Gasteiger partial charge on any atom is 0.416 e. The van der Waals surface area contributed by atoms with Crippen molar-refractivity contribution in [2.75, 3.05) is 20.8 Å². The van der Waals surface area contributed by atoms with Crippen molar-refractivity contribution in [1.29, 1.82) is 0 Å². The van der Waals surface area contributed by atoms with E-state index in [0.717, 1.165) is 23.3 Å². The van der Waals surface area contributed by atoms with E-state index >= 15 is 0 Å². The van der Waals surface area contributed by atoms with E-state index in [0.29, 0.717) is 36.6 Å². The second-order valence-corrected chi connectivity index (χ2v) is 6.94. The number of amides is 2. The lowest BCUT2D eigenvalue weighted by Gasteiger charge is -2.31. The van der Waals surface area contributed by atoms with Crippen LogP contribution in [0.3, 0.4) is 0 Å². The molecule has 1 N–H and O–H groups in total. The van der Waals surface area contributed by atoms with E-state index in [1.54, 1.807) is 26.0 Å². The van der Waals surface area contributed by atoms with Crippen LogP contribution in [0.15, 0.2) is 36.4 Å². The van der Waals surface area contributed by atoms with Crippen molar-refractivity contribution >= 4 is 6.03 Å². The molecule has 0 aromatic heterocycles. The number of carbonyl (C=O) groups excluding carboxylic acids is 1. The van der Waals surface area contributed by atoms with Gasteiger partial charge in [0.05, 0.1) is 25.8 Å². The lowest BCUT2D eigenvalue weighted by atomic mass is 9.99. The van der Waals surface area contributed by atoms with Gasteiger partial charge in [0.15, 0.2) is 11.5 Å². The van der Waals surface area contributed by atoms with E-state index in [2.05, 4.69) is 5.32 Å². The topological polar surface area (TPSA) is 50.8 Å². The van der Waals surface area contributed by atoms with Crippen LogP contribution in [-0.4, -0.2) is 31.7 Å². The summed E-state index contributed by atoms with van der Waals surface area (Å²) in [6, 6.07) is 7.92. The summed E-state index contributed by atoms with van der Waals surface area (Å²) in [4.78, 5) is 14.3. The fourth-order valence-corrected chi connectivity index (χ4v) is 3.38. The monoisotopic (exact) mass is 408 g/mol. The zero-order valence-electron chi connectivity index (χ0n) is 16.5. The zero-order chi connectivity index (χ0) is 21.2. The van der Waals surface area contributed by atoms with Crippen molar-refractivity contribution in [2.24, 2.45) is 0 Å². The van der Waals surface area contributed by atoms with Gasteiger partial charge < -0.3 is 19.7 Å². The minimum Gasteiger partial charge on any atom is -0.493 e. The first-order valence-corrected chi connectivity index (χ1v) is 9.19. The number of nitrogens with zero attached hydrogens (tertiary/aromatic N) is 1. The summed E-state index contributed by atoms with van der Waals surface area (Å²) in [5.41, 5.74) is 1.97. The Balaban J connectivity index is 1.67. The van der Waals surface area contributed by atoms with Gasteiger partial charge in [-0.15, -0.1) is 0 Å². The Morgan fingerprint density at radius 3 is 2.21 bits per heavy atom. The van der Waals surface area contributed by atoms with Gasteiger partial charge in [-0.05, 0) is 54.3 Å². The maximum absolute atomic E-state index is 12.7. The Labute approximate surface area is 167 Å². The lowest BCUT2D eigenvalue weighted by molar-refractivity contribution is -0.137. The molecule has 0 radical (unpaired) electrons. The number of hydrogen-bond donors (Lipinski definition) is 1. The third kappa shape index (κ3) is 4.58. The van der Waals surface area contributed by atoms with Crippen molar-refractivity contribution in [2.45, 2.75) is 32.1 Å². The number of halogens is 3. The maximum atomic E-state index is 12.7. The second kappa shape index (κ2) is 8.23. The van der Waals surface area contributed by atoms with Crippen LogP contribution in [0.1, 0.15) is 35.2 Å². The van der Waals surface area contributed by atoms with E-state index in [9.17, 15) is 18.0 Å². The standard InChI is InChI=1S/C21H23F3N2O3/c1-13(14-4-6-17(7-5-14)21(22,23)24)25-20(27)26-9-8-15-10-18(28-2)19(29-3)11-16(15)12-26/h4-7,10-11,13H,8-9,12H2,1-3H3,(H,25,27). The molecule has 0 saturated carbocycles. The molecule has 3 rings (SSSR count). The zero-order valence-corrected chi connectivity index (χ0v) is 16.5. The minimum absolute atomic E-state index is 0.266. The van der Waals surface area contributed by atoms with Crippen molar-refractivity contribution in [3.63, 3.8) is 0 Å². The van der Waals surface area contributed by atoms with E-state index in [1.807, 2.05) is 12.1 Å². The van der Waals surface area contributed by atoms with Crippen LogP contribution in [0.4, 0.5) is 18.0 Å². The first-order valence-electron chi connectivity index (χ1n) is 9.19. The first-order chi connectivity index (χ1) is 13.7. The summed E-state index contributed by atoms with van der Waals surface area (Å²) >= 11 is 0. The third-order valence-corrected chi connectivity index (χ3v) is 5.08. The van der Waals surface area contributed by atoms with Crippen molar-refractivity contribution < 1.29 is 27.4 Å². The number of carbonyl (C=O) groups is 1. The summed E-state index contributed by atoms with van der Waals surface area (Å²) in [5, 5.41) is 2.86. The van der Waals surface area contributed by atoms with Crippen LogP contribution in [0.5, 0.6) is 11.5 Å². The number of urea groups is 1. The molecule has 156 valence electrons. The Kier molecular flexibility index (Phi) is 5.91. The van der Waals surface area contributed by atoms with Crippen LogP contribution < -0.4 is 14.8 Å². The quantitative estimate of drug-likeness (QED) is 0.808. The highest BCUT2D eigenvalue weighted by Gasteiger charge is 2.30. The summed E-state index contributed by atoms with van der Waals surface area (Å²) in [6.45, 7) is 2.70. The van der Waals surface area contributed by atoms with Crippen LogP contribution in [0.2, 0.25) is 0 Å². The molecule has 0 saturated heterocycles. The van der Waals surface area contributed by atoms with Gasteiger partial charge in [0, 0.05) is 13.1 Å². The number of hydrogen-bond acceptors (Lipinski definition) is 3. The Hall–Kier alpha value is -2.90. The highest BCUT2D eigenvalue weighted by atomic mass is 19.4. The van der Waals surface area contributed by atoms with Gasteiger partial charge in [-0.25, -0.2) is 4.79 Å². The first kappa shape index (κ1) is 20.8. The lowest BCUT2D eigenvalue weighted by Crippen LogP contribution is -2.43. The predicted molar refractivity (Wildman–Crippen MR) is 102 cm³/mol. The molecule has 0 fully saturated rings. The number of fused-ring (bicyclic) bond motifs is 1. The number of benzene rings is 2. The van der Waals surface area contributed by atoms with Crippen LogP contribution in [-0.2, 0) is 19.1 Å². The molecular formula is C21H23F3N2O3. The molecule has 5 nitrogen and oxygen atoms in total. The van der Waals surface area contributed by atoms with Gasteiger partial charge in [0.25, 0.3) is 0 Å². The fourth-order valence-electron chi connectivity index (χ4n) is 3.38. The van der Waals surface area contributed by atoms with Gasteiger partial charge in [-0.3, -0.25) is 0 Å². The van der Waals surface area contributed by atoms with Gasteiger partial charge in [0.1, 0.15) is 0 Å². The molecule has 2 aromatic carbocycles. The number of rotatable bonds is 4. The molecule has 8 heteroatoms. The molecule has 1 aliphatic heterocycles. The highest BCUT2D eigenvalue weighted by molar-refractivity contribution is 5.75. The molecule has 1 unspecified atom stereocenters. The van der Waals surface area contributed by atoms with Crippen LogP contribution in [0.25, 0.3) is 0 Å². The molecule has 1 heterocycles. The summed E-state index contributed by atoms with van der Waals surface area (Å²) < 4.78 is 48.8. The van der Waals surface area contributed by atoms with Gasteiger partial charge in [0.2, 0.25) is 0 Å². The number of nitrogens with one attached hydrogen (secondary N) is 1. The molecule has 2 amide bonds. The molecule has 1 atom stereocenters. The van der Waals surface area contributed by atoms with Crippen molar-refractivity contribution in [3.05, 3.63) is 58.7 Å². The van der Waals surface area contributed by atoms with Gasteiger partial charge in [-0.2, -0.15) is 13.2 Å². The van der Waals surface area contributed by atoms with Crippen molar-refractivity contribution in [3.8, 4) is 11.5 Å². The SMILES string of the molecule is COc1cc2c(cc1OC)CN(C(=O)NC(C)c1ccc(C(F)(F)F)cc1)CC2. The summed E-state index contributed by atoms with van der Waals surface area (Å²) in [5.74, 6) is 1.26. The third-order valence-electron chi connectivity index (χ3n) is 5.08. The molecule has 0 aliphatic carbocycles.